The van der Waals surface area contributed by atoms with E-state index in [1.807, 2.05) is 6.08 Å². The molecule has 8 nitrogen and oxygen atoms in total. The fourth-order valence-electron chi connectivity index (χ4n) is 2.31. The highest BCUT2D eigenvalue weighted by molar-refractivity contribution is 5.80. The number of carboxylic acid groups (broad SMARTS) is 1. The molecule has 0 unspecified atom stereocenters. The van der Waals surface area contributed by atoms with Gasteiger partial charge in [0.2, 0.25) is 0 Å². The first-order chi connectivity index (χ1) is 11.3. The molecule has 138 valence electrons. The van der Waals surface area contributed by atoms with Crippen molar-refractivity contribution < 1.29 is 39.8 Å². The monoisotopic (exact) mass is 346 g/mol. The summed E-state index contributed by atoms with van der Waals surface area (Å²) in [6, 6.07) is 0. The van der Waals surface area contributed by atoms with Gasteiger partial charge in [0.1, 0.15) is 24.4 Å². The van der Waals surface area contributed by atoms with Gasteiger partial charge in [-0.3, -0.25) is 0 Å². The van der Waals surface area contributed by atoms with Gasteiger partial charge in [-0.25, -0.2) is 4.79 Å². The number of carboxylic acids is 1. The first-order valence-electron chi connectivity index (χ1n) is 7.74. The van der Waals surface area contributed by atoms with Crippen LogP contribution in [0.15, 0.2) is 23.3 Å². The smallest absolute Gasteiger partial charge is 0.328 e. The van der Waals surface area contributed by atoms with E-state index in [4.69, 9.17) is 19.7 Å². The van der Waals surface area contributed by atoms with Gasteiger partial charge in [0.25, 0.3) is 0 Å². The van der Waals surface area contributed by atoms with Crippen LogP contribution in [-0.2, 0) is 14.3 Å². The molecule has 0 amide bonds. The van der Waals surface area contributed by atoms with Crippen LogP contribution < -0.4 is 0 Å². The third kappa shape index (κ3) is 6.31. The molecule has 24 heavy (non-hydrogen) atoms. The Hall–Kier alpha value is -1.29. The molecule has 1 aliphatic heterocycles. The van der Waals surface area contributed by atoms with E-state index in [1.165, 1.54) is 0 Å². The zero-order valence-electron chi connectivity index (χ0n) is 13.8. The Morgan fingerprint density at radius 3 is 2.38 bits per heavy atom. The molecule has 0 bridgehead atoms. The lowest BCUT2D eigenvalue weighted by Crippen LogP contribution is -2.59. The van der Waals surface area contributed by atoms with Crippen LogP contribution in [0.2, 0.25) is 0 Å². The summed E-state index contributed by atoms with van der Waals surface area (Å²) in [5.74, 6) is -0.973. The van der Waals surface area contributed by atoms with E-state index >= 15 is 0 Å². The van der Waals surface area contributed by atoms with Crippen molar-refractivity contribution in [3.05, 3.63) is 23.3 Å². The maximum atomic E-state index is 10.5. The number of aliphatic carboxylic acids is 1. The summed E-state index contributed by atoms with van der Waals surface area (Å²) in [5, 5.41) is 46.9. The van der Waals surface area contributed by atoms with Crippen LogP contribution in [0.1, 0.15) is 26.7 Å². The zero-order valence-corrected chi connectivity index (χ0v) is 13.8. The van der Waals surface area contributed by atoms with Crippen molar-refractivity contribution in [3.8, 4) is 0 Å². The first kappa shape index (κ1) is 20.8. The lowest BCUT2D eigenvalue weighted by atomic mass is 9.99. The summed E-state index contributed by atoms with van der Waals surface area (Å²) < 4.78 is 10.6. The van der Waals surface area contributed by atoms with Crippen molar-refractivity contribution in [2.45, 2.75) is 57.4 Å². The normalized spacial score (nSPS) is 32.0. The third-order valence-corrected chi connectivity index (χ3v) is 3.73. The van der Waals surface area contributed by atoms with Crippen molar-refractivity contribution in [1.82, 2.24) is 0 Å². The van der Waals surface area contributed by atoms with Crippen molar-refractivity contribution in [2.24, 2.45) is 0 Å². The standard InChI is InChI=1S/C16H26O8/c1-9(6-12(18)19)4-3-5-10(2)8-23-16-15(22)14(21)13(20)11(7-17)24-16/h5-6,11,13-17,20-22H,3-4,7-8H2,1-2H3,(H,18,19)/b9-6+,10-5+/t11-,13-,14+,15-,16-/m1/s1. The maximum Gasteiger partial charge on any atom is 0.328 e. The summed E-state index contributed by atoms with van der Waals surface area (Å²) in [5.41, 5.74) is 1.59. The summed E-state index contributed by atoms with van der Waals surface area (Å²) in [6.07, 6.45) is -2.17. The van der Waals surface area contributed by atoms with Gasteiger partial charge < -0.3 is 35.0 Å². The quantitative estimate of drug-likeness (QED) is 0.295. The van der Waals surface area contributed by atoms with E-state index < -0.39 is 43.3 Å². The summed E-state index contributed by atoms with van der Waals surface area (Å²) in [7, 11) is 0. The number of ether oxygens (including phenoxy) is 2. The molecule has 0 radical (unpaired) electrons. The number of aliphatic hydroxyl groups is 4. The number of rotatable bonds is 8. The van der Waals surface area contributed by atoms with Crippen molar-refractivity contribution >= 4 is 5.97 Å². The summed E-state index contributed by atoms with van der Waals surface area (Å²) in [4.78, 5) is 10.5. The van der Waals surface area contributed by atoms with Crippen LogP contribution in [0.3, 0.4) is 0 Å². The van der Waals surface area contributed by atoms with Gasteiger partial charge in [-0.15, -0.1) is 0 Å². The van der Waals surface area contributed by atoms with E-state index in [9.17, 15) is 20.1 Å². The molecule has 1 rings (SSSR count). The second kappa shape index (κ2) is 9.87. The van der Waals surface area contributed by atoms with Gasteiger partial charge in [0, 0.05) is 6.08 Å². The number of allylic oxidation sites excluding steroid dienone is 2. The molecule has 1 aliphatic rings. The van der Waals surface area contributed by atoms with Crippen LogP contribution >= 0.6 is 0 Å². The molecule has 0 aromatic carbocycles. The average molecular weight is 346 g/mol. The highest BCUT2D eigenvalue weighted by Gasteiger charge is 2.43. The molecule has 0 aromatic heterocycles. The lowest BCUT2D eigenvalue weighted by Gasteiger charge is -2.39. The van der Waals surface area contributed by atoms with Gasteiger partial charge >= 0.3 is 5.97 Å². The maximum absolute atomic E-state index is 10.5. The number of aliphatic hydroxyl groups excluding tert-OH is 4. The predicted octanol–water partition coefficient (Wildman–Crippen LogP) is -0.440. The number of hydrogen-bond acceptors (Lipinski definition) is 7. The Labute approximate surface area is 140 Å². The molecule has 1 fully saturated rings. The number of carbonyl (C=O) groups is 1. The Morgan fingerprint density at radius 1 is 1.12 bits per heavy atom. The topological polar surface area (TPSA) is 137 Å². The highest BCUT2D eigenvalue weighted by atomic mass is 16.7. The molecule has 5 N–H and O–H groups in total. The molecular formula is C16H26O8. The fourth-order valence-corrected chi connectivity index (χ4v) is 2.31. The van der Waals surface area contributed by atoms with E-state index in [1.54, 1.807) is 13.8 Å². The van der Waals surface area contributed by atoms with Crippen LogP contribution in [0.25, 0.3) is 0 Å². The Balaban J connectivity index is 2.46. The van der Waals surface area contributed by atoms with Crippen LogP contribution in [0, 0.1) is 0 Å². The van der Waals surface area contributed by atoms with E-state index in [-0.39, 0.29) is 6.61 Å². The van der Waals surface area contributed by atoms with E-state index in [0.717, 1.165) is 17.2 Å². The SMILES string of the molecule is C/C(=C\C(=O)O)CC/C=C(\C)CO[C@@H]1O[C@H](CO)[C@@H](O)[C@H](O)[C@H]1O. The molecule has 5 atom stereocenters. The third-order valence-electron chi connectivity index (χ3n) is 3.73. The van der Waals surface area contributed by atoms with Crippen LogP contribution in [0.4, 0.5) is 0 Å². The van der Waals surface area contributed by atoms with Crippen LogP contribution in [0.5, 0.6) is 0 Å². The van der Waals surface area contributed by atoms with Gasteiger partial charge in [0.05, 0.1) is 13.2 Å². The predicted molar refractivity (Wildman–Crippen MR) is 84.1 cm³/mol. The fraction of sp³-hybridized carbons (Fsp3) is 0.688. The highest BCUT2D eigenvalue weighted by Crippen LogP contribution is 2.22. The molecule has 0 saturated carbocycles. The van der Waals surface area contributed by atoms with E-state index in [2.05, 4.69) is 0 Å². The van der Waals surface area contributed by atoms with Crippen molar-refractivity contribution in [1.29, 1.82) is 0 Å². The van der Waals surface area contributed by atoms with Gasteiger partial charge in [-0.1, -0.05) is 17.2 Å². The Kier molecular flexibility index (Phi) is 8.54. The number of hydrogen-bond donors (Lipinski definition) is 5. The largest absolute Gasteiger partial charge is 0.478 e. The average Bonchev–Trinajstić information content (AvgIpc) is 2.51. The van der Waals surface area contributed by atoms with Crippen molar-refractivity contribution in [3.63, 3.8) is 0 Å². The zero-order chi connectivity index (χ0) is 18.3. The second-order valence-corrected chi connectivity index (χ2v) is 5.93. The molecule has 1 saturated heterocycles. The Bertz CT molecular complexity index is 471. The summed E-state index contributed by atoms with van der Waals surface area (Å²) in [6.45, 7) is 3.17. The summed E-state index contributed by atoms with van der Waals surface area (Å²) >= 11 is 0. The van der Waals surface area contributed by atoms with Gasteiger partial charge in [-0.2, -0.15) is 0 Å². The lowest BCUT2D eigenvalue weighted by molar-refractivity contribution is -0.299. The molecule has 0 aliphatic carbocycles. The van der Waals surface area contributed by atoms with Gasteiger partial charge in [-0.05, 0) is 26.7 Å². The molecular weight excluding hydrogens is 320 g/mol. The minimum absolute atomic E-state index is 0.129. The second-order valence-electron chi connectivity index (χ2n) is 5.93. The van der Waals surface area contributed by atoms with E-state index in [0.29, 0.717) is 12.8 Å². The van der Waals surface area contributed by atoms with Crippen LogP contribution in [-0.4, -0.2) is 75.4 Å². The van der Waals surface area contributed by atoms with Gasteiger partial charge in [0.15, 0.2) is 6.29 Å². The minimum Gasteiger partial charge on any atom is -0.478 e. The molecule has 0 aromatic rings. The first-order valence-corrected chi connectivity index (χ1v) is 7.74. The van der Waals surface area contributed by atoms with Crippen molar-refractivity contribution in [2.75, 3.05) is 13.2 Å². The Morgan fingerprint density at radius 2 is 1.79 bits per heavy atom. The molecule has 1 heterocycles. The molecule has 0 spiro atoms. The minimum atomic E-state index is -1.46. The molecule has 8 heteroatoms.